The molecule has 1 aliphatic rings. The standard InChI is InChI=1S/C19H22ClN3/c20-16-8-12-18(13-9-16)23-19(21)22-17-10-6-15(7-11-17)14-4-2-1-3-5-14/h1-5,8-9,12-13,15,17H,6-7,10-11H2,(H3,21,22,23)/t15-,17+. The van der Waals surface area contributed by atoms with E-state index in [4.69, 9.17) is 17.0 Å². The van der Waals surface area contributed by atoms with Crippen molar-refractivity contribution in [2.45, 2.75) is 37.6 Å². The van der Waals surface area contributed by atoms with Gasteiger partial charge in [0.05, 0.1) is 0 Å². The summed E-state index contributed by atoms with van der Waals surface area (Å²) < 4.78 is 0. The first-order valence-electron chi connectivity index (χ1n) is 8.13. The summed E-state index contributed by atoms with van der Waals surface area (Å²) in [6.45, 7) is 0. The minimum atomic E-state index is 0.357. The number of rotatable bonds is 3. The second kappa shape index (κ2) is 7.51. The molecular formula is C19H22ClN3. The third-order valence-corrected chi connectivity index (χ3v) is 4.71. The van der Waals surface area contributed by atoms with Crippen molar-refractivity contribution in [2.24, 2.45) is 0 Å². The Labute approximate surface area is 142 Å². The minimum Gasteiger partial charge on any atom is -0.354 e. The third kappa shape index (κ3) is 4.49. The Kier molecular flexibility index (Phi) is 5.19. The Balaban J connectivity index is 1.47. The Morgan fingerprint density at radius 3 is 2.22 bits per heavy atom. The zero-order valence-corrected chi connectivity index (χ0v) is 13.8. The van der Waals surface area contributed by atoms with Crippen LogP contribution in [0.3, 0.4) is 0 Å². The second-order valence-electron chi connectivity index (χ2n) is 6.11. The zero-order chi connectivity index (χ0) is 16.1. The molecule has 0 saturated heterocycles. The predicted molar refractivity (Wildman–Crippen MR) is 97.4 cm³/mol. The Morgan fingerprint density at radius 1 is 0.913 bits per heavy atom. The van der Waals surface area contributed by atoms with Crippen molar-refractivity contribution in [3.63, 3.8) is 0 Å². The van der Waals surface area contributed by atoms with Crippen LogP contribution in [0.25, 0.3) is 0 Å². The molecule has 4 heteroatoms. The first-order valence-corrected chi connectivity index (χ1v) is 8.51. The number of hydrogen-bond donors (Lipinski definition) is 3. The third-order valence-electron chi connectivity index (χ3n) is 4.46. The van der Waals surface area contributed by atoms with Gasteiger partial charge in [-0.25, -0.2) is 0 Å². The normalized spacial score (nSPS) is 20.7. The highest BCUT2D eigenvalue weighted by Crippen LogP contribution is 2.32. The molecule has 3 N–H and O–H groups in total. The van der Waals surface area contributed by atoms with Crippen LogP contribution in [0, 0.1) is 5.41 Å². The number of hydrogen-bond acceptors (Lipinski definition) is 1. The van der Waals surface area contributed by atoms with E-state index in [9.17, 15) is 0 Å². The average Bonchev–Trinajstić information content (AvgIpc) is 2.58. The molecule has 0 radical (unpaired) electrons. The number of guanidine groups is 1. The van der Waals surface area contributed by atoms with Crippen LogP contribution in [-0.2, 0) is 0 Å². The van der Waals surface area contributed by atoms with Gasteiger partial charge in [0.1, 0.15) is 0 Å². The maximum Gasteiger partial charge on any atom is 0.193 e. The summed E-state index contributed by atoms with van der Waals surface area (Å²) in [7, 11) is 0. The van der Waals surface area contributed by atoms with Gasteiger partial charge in [-0.15, -0.1) is 0 Å². The molecule has 0 unspecified atom stereocenters. The molecule has 120 valence electrons. The molecule has 0 heterocycles. The molecule has 3 rings (SSSR count). The van der Waals surface area contributed by atoms with Gasteiger partial charge in [0, 0.05) is 16.8 Å². The Hall–Kier alpha value is -2.00. The van der Waals surface area contributed by atoms with E-state index >= 15 is 0 Å². The minimum absolute atomic E-state index is 0.357. The summed E-state index contributed by atoms with van der Waals surface area (Å²) in [6, 6.07) is 18.5. The summed E-state index contributed by atoms with van der Waals surface area (Å²) in [5, 5.41) is 15.1. The van der Waals surface area contributed by atoms with E-state index in [0.717, 1.165) is 18.5 Å². The molecule has 0 aliphatic heterocycles. The van der Waals surface area contributed by atoms with Gasteiger partial charge in [-0.3, -0.25) is 5.41 Å². The predicted octanol–water partition coefficient (Wildman–Crippen LogP) is 5.00. The van der Waals surface area contributed by atoms with E-state index in [-0.39, 0.29) is 0 Å². The summed E-state index contributed by atoms with van der Waals surface area (Å²) >= 11 is 5.87. The van der Waals surface area contributed by atoms with Gasteiger partial charge in [0.25, 0.3) is 0 Å². The lowest BCUT2D eigenvalue weighted by Crippen LogP contribution is -2.40. The number of anilines is 1. The highest BCUT2D eigenvalue weighted by Gasteiger charge is 2.22. The fourth-order valence-corrected chi connectivity index (χ4v) is 3.34. The smallest absolute Gasteiger partial charge is 0.193 e. The molecule has 0 spiro atoms. The SMILES string of the molecule is N=C(Nc1ccc(Cl)cc1)N[C@H]1CC[C@@H](c2ccccc2)CC1. The lowest BCUT2D eigenvalue weighted by atomic mass is 9.82. The van der Waals surface area contributed by atoms with E-state index in [1.54, 1.807) is 0 Å². The molecule has 3 nitrogen and oxygen atoms in total. The molecule has 1 saturated carbocycles. The average molecular weight is 328 g/mol. The lowest BCUT2D eigenvalue weighted by molar-refractivity contribution is 0.373. The van der Waals surface area contributed by atoms with Gasteiger partial charge in [-0.1, -0.05) is 41.9 Å². The van der Waals surface area contributed by atoms with Crippen molar-refractivity contribution in [2.75, 3.05) is 5.32 Å². The van der Waals surface area contributed by atoms with E-state index < -0.39 is 0 Å². The van der Waals surface area contributed by atoms with E-state index in [2.05, 4.69) is 41.0 Å². The van der Waals surface area contributed by atoms with Gasteiger partial charge < -0.3 is 10.6 Å². The lowest BCUT2D eigenvalue weighted by Gasteiger charge is -2.30. The zero-order valence-electron chi connectivity index (χ0n) is 13.1. The van der Waals surface area contributed by atoms with Crippen molar-refractivity contribution in [3.8, 4) is 0 Å². The molecule has 23 heavy (non-hydrogen) atoms. The molecule has 0 aromatic heterocycles. The molecule has 0 bridgehead atoms. The summed E-state index contributed by atoms with van der Waals surface area (Å²) in [5.41, 5.74) is 2.32. The van der Waals surface area contributed by atoms with Crippen LogP contribution in [0.15, 0.2) is 54.6 Å². The van der Waals surface area contributed by atoms with Crippen molar-refractivity contribution in [1.82, 2.24) is 5.32 Å². The number of benzene rings is 2. The highest BCUT2D eigenvalue weighted by molar-refractivity contribution is 6.30. The van der Waals surface area contributed by atoms with Crippen LogP contribution in [0.5, 0.6) is 0 Å². The van der Waals surface area contributed by atoms with Crippen LogP contribution in [-0.4, -0.2) is 12.0 Å². The van der Waals surface area contributed by atoms with Gasteiger partial charge in [-0.05, 0) is 61.4 Å². The number of halogens is 1. The fraction of sp³-hybridized carbons (Fsp3) is 0.316. The number of nitrogens with one attached hydrogen (secondary N) is 3. The van der Waals surface area contributed by atoms with Crippen molar-refractivity contribution in [3.05, 3.63) is 65.2 Å². The second-order valence-corrected chi connectivity index (χ2v) is 6.55. The van der Waals surface area contributed by atoms with Crippen LogP contribution >= 0.6 is 11.6 Å². The van der Waals surface area contributed by atoms with Gasteiger partial charge in [0.2, 0.25) is 0 Å². The van der Waals surface area contributed by atoms with Crippen molar-refractivity contribution < 1.29 is 0 Å². The van der Waals surface area contributed by atoms with Crippen LogP contribution < -0.4 is 10.6 Å². The van der Waals surface area contributed by atoms with E-state index in [0.29, 0.717) is 22.9 Å². The maximum atomic E-state index is 8.08. The summed E-state index contributed by atoms with van der Waals surface area (Å²) in [5.74, 6) is 1.02. The molecule has 2 aromatic carbocycles. The van der Waals surface area contributed by atoms with Crippen LogP contribution in [0.4, 0.5) is 5.69 Å². The van der Waals surface area contributed by atoms with Crippen LogP contribution in [0.1, 0.15) is 37.2 Å². The Bertz CT molecular complexity index is 631. The molecule has 0 atom stereocenters. The molecule has 2 aromatic rings. The summed E-state index contributed by atoms with van der Waals surface area (Å²) in [4.78, 5) is 0. The first-order chi connectivity index (χ1) is 11.2. The van der Waals surface area contributed by atoms with Gasteiger partial charge in [0.15, 0.2) is 5.96 Å². The first kappa shape index (κ1) is 15.9. The molecule has 1 aliphatic carbocycles. The molecule has 0 amide bonds. The van der Waals surface area contributed by atoms with Crippen molar-refractivity contribution in [1.29, 1.82) is 5.41 Å². The van der Waals surface area contributed by atoms with E-state index in [1.807, 2.05) is 24.3 Å². The van der Waals surface area contributed by atoms with Gasteiger partial charge >= 0.3 is 0 Å². The largest absolute Gasteiger partial charge is 0.354 e. The highest BCUT2D eigenvalue weighted by atomic mass is 35.5. The van der Waals surface area contributed by atoms with Gasteiger partial charge in [-0.2, -0.15) is 0 Å². The van der Waals surface area contributed by atoms with E-state index in [1.165, 1.54) is 18.4 Å². The molecule has 1 fully saturated rings. The fourth-order valence-electron chi connectivity index (χ4n) is 3.21. The quantitative estimate of drug-likeness (QED) is 0.548. The topological polar surface area (TPSA) is 47.9 Å². The molecular weight excluding hydrogens is 306 g/mol. The monoisotopic (exact) mass is 327 g/mol. The maximum absolute atomic E-state index is 8.08. The van der Waals surface area contributed by atoms with Crippen molar-refractivity contribution >= 4 is 23.2 Å². The Morgan fingerprint density at radius 2 is 1.57 bits per heavy atom. The summed E-state index contributed by atoms with van der Waals surface area (Å²) in [6.07, 6.45) is 4.56. The van der Waals surface area contributed by atoms with Crippen LogP contribution in [0.2, 0.25) is 5.02 Å².